The van der Waals surface area contributed by atoms with Crippen LogP contribution in [-0.4, -0.2) is 12.2 Å². The second-order valence-electron chi connectivity index (χ2n) is 4.50. The minimum atomic E-state index is -0.500. The maximum absolute atomic E-state index is 13.5. The number of hydrogen-bond acceptors (Lipinski definition) is 3. The van der Waals surface area contributed by atoms with E-state index < -0.39 is 11.9 Å². The Hall–Kier alpha value is -2.07. The minimum Gasteiger partial charge on any atom is -0.494 e. The van der Waals surface area contributed by atoms with Crippen LogP contribution in [0.4, 0.5) is 4.39 Å². The molecule has 3 nitrogen and oxygen atoms in total. The molecule has 0 aromatic heterocycles. The first-order chi connectivity index (χ1) is 9.60. The van der Waals surface area contributed by atoms with E-state index in [1.807, 2.05) is 0 Å². The average Bonchev–Trinajstić information content (AvgIpc) is 2.45. The van der Waals surface area contributed by atoms with Crippen LogP contribution in [0, 0.1) is 5.82 Å². The zero-order valence-corrected chi connectivity index (χ0v) is 11.5. The Morgan fingerprint density at radius 2 is 1.85 bits per heavy atom. The Bertz CT molecular complexity index is 564. The SMILES string of the molecule is COc1ccc(COc2ccc([C@@H](C)O)cc2)cc1F. The molecule has 0 radical (unpaired) electrons. The third-order valence-corrected chi connectivity index (χ3v) is 2.98. The van der Waals surface area contributed by atoms with Crippen molar-refractivity contribution < 1.29 is 19.0 Å². The van der Waals surface area contributed by atoms with Crippen LogP contribution in [0.15, 0.2) is 42.5 Å². The molecule has 0 aliphatic heterocycles. The van der Waals surface area contributed by atoms with E-state index in [1.165, 1.54) is 13.2 Å². The molecule has 2 rings (SSSR count). The topological polar surface area (TPSA) is 38.7 Å². The number of aliphatic hydroxyl groups is 1. The summed E-state index contributed by atoms with van der Waals surface area (Å²) in [6.07, 6.45) is -0.500. The number of hydrogen-bond donors (Lipinski definition) is 1. The molecule has 2 aromatic rings. The van der Waals surface area contributed by atoms with Crippen molar-refractivity contribution in [2.75, 3.05) is 7.11 Å². The molecule has 4 heteroatoms. The van der Waals surface area contributed by atoms with Gasteiger partial charge in [0, 0.05) is 0 Å². The Morgan fingerprint density at radius 3 is 2.40 bits per heavy atom. The van der Waals surface area contributed by atoms with Crippen LogP contribution < -0.4 is 9.47 Å². The number of benzene rings is 2. The fraction of sp³-hybridized carbons (Fsp3) is 0.250. The summed E-state index contributed by atoms with van der Waals surface area (Å²) in [5.74, 6) is 0.485. The van der Waals surface area contributed by atoms with Gasteiger partial charge in [-0.15, -0.1) is 0 Å². The maximum Gasteiger partial charge on any atom is 0.165 e. The van der Waals surface area contributed by atoms with E-state index in [0.717, 1.165) is 11.1 Å². The normalized spacial score (nSPS) is 12.0. The monoisotopic (exact) mass is 276 g/mol. The van der Waals surface area contributed by atoms with Crippen LogP contribution in [0.1, 0.15) is 24.2 Å². The van der Waals surface area contributed by atoms with Crippen LogP contribution in [-0.2, 0) is 6.61 Å². The van der Waals surface area contributed by atoms with Gasteiger partial charge < -0.3 is 14.6 Å². The maximum atomic E-state index is 13.5. The lowest BCUT2D eigenvalue weighted by Crippen LogP contribution is -1.98. The Labute approximate surface area is 117 Å². The molecule has 0 amide bonds. The van der Waals surface area contributed by atoms with Gasteiger partial charge in [0.2, 0.25) is 0 Å². The van der Waals surface area contributed by atoms with Gasteiger partial charge in [-0.3, -0.25) is 0 Å². The van der Waals surface area contributed by atoms with Gasteiger partial charge in [0.25, 0.3) is 0 Å². The number of ether oxygens (including phenoxy) is 2. The highest BCUT2D eigenvalue weighted by atomic mass is 19.1. The molecule has 1 atom stereocenters. The van der Waals surface area contributed by atoms with E-state index in [-0.39, 0.29) is 12.4 Å². The Balaban J connectivity index is 1.99. The highest BCUT2D eigenvalue weighted by Gasteiger charge is 2.05. The van der Waals surface area contributed by atoms with Gasteiger partial charge in [-0.25, -0.2) is 4.39 Å². The third-order valence-electron chi connectivity index (χ3n) is 2.98. The summed E-state index contributed by atoms with van der Waals surface area (Å²) in [7, 11) is 1.43. The van der Waals surface area contributed by atoms with E-state index in [0.29, 0.717) is 5.75 Å². The average molecular weight is 276 g/mol. The summed E-state index contributed by atoms with van der Waals surface area (Å²) >= 11 is 0. The van der Waals surface area contributed by atoms with Crippen molar-refractivity contribution >= 4 is 0 Å². The van der Waals surface area contributed by atoms with Gasteiger partial charge in [0.05, 0.1) is 13.2 Å². The standard InChI is InChI=1S/C16H17FO3/c1-11(18)13-4-6-14(7-5-13)20-10-12-3-8-16(19-2)15(17)9-12/h3-9,11,18H,10H2,1-2H3/t11-/m1/s1. The molecule has 0 saturated carbocycles. The first-order valence-corrected chi connectivity index (χ1v) is 6.33. The second-order valence-corrected chi connectivity index (χ2v) is 4.50. The fourth-order valence-electron chi connectivity index (χ4n) is 1.81. The quantitative estimate of drug-likeness (QED) is 0.908. The molecule has 1 N–H and O–H groups in total. The summed E-state index contributed by atoms with van der Waals surface area (Å²) in [4.78, 5) is 0. The molecule has 0 spiro atoms. The largest absolute Gasteiger partial charge is 0.494 e. The van der Waals surface area contributed by atoms with Crippen molar-refractivity contribution in [1.82, 2.24) is 0 Å². The van der Waals surface area contributed by atoms with Gasteiger partial charge in [0.15, 0.2) is 11.6 Å². The summed E-state index contributed by atoms with van der Waals surface area (Å²) in [6, 6.07) is 11.9. The van der Waals surface area contributed by atoms with Crippen LogP contribution in [0.25, 0.3) is 0 Å². The third kappa shape index (κ3) is 3.48. The Kier molecular flexibility index (Phi) is 4.58. The molecule has 106 valence electrons. The second kappa shape index (κ2) is 6.39. The highest BCUT2D eigenvalue weighted by molar-refractivity contribution is 5.31. The van der Waals surface area contributed by atoms with Gasteiger partial charge in [-0.05, 0) is 42.3 Å². The van der Waals surface area contributed by atoms with Gasteiger partial charge >= 0.3 is 0 Å². The first-order valence-electron chi connectivity index (χ1n) is 6.33. The van der Waals surface area contributed by atoms with Gasteiger partial charge in [-0.2, -0.15) is 0 Å². The number of aliphatic hydroxyl groups excluding tert-OH is 1. The number of halogens is 1. The number of methoxy groups -OCH3 is 1. The van der Waals surface area contributed by atoms with Crippen LogP contribution in [0.2, 0.25) is 0 Å². The molecular formula is C16H17FO3. The first kappa shape index (κ1) is 14.3. The van der Waals surface area contributed by atoms with Crippen LogP contribution in [0.3, 0.4) is 0 Å². The summed E-state index contributed by atoms with van der Waals surface area (Å²) in [5.41, 5.74) is 1.55. The van der Waals surface area contributed by atoms with E-state index in [2.05, 4.69) is 0 Å². The fourth-order valence-corrected chi connectivity index (χ4v) is 1.81. The van der Waals surface area contributed by atoms with Gasteiger partial charge in [-0.1, -0.05) is 18.2 Å². The van der Waals surface area contributed by atoms with E-state index >= 15 is 0 Å². The van der Waals surface area contributed by atoms with Crippen LogP contribution in [0.5, 0.6) is 11.5 Å². The molecule has 0 heterocycles. The van der Waals surface area contributed by atoms with E-state index in [9.17, 15) is 9.50 Å². The molecule has 2 aromatic carbocycles. The van der Waals surface area contributed by atoms with E-state index in [1.54, 1.807) is 43.3 Å². The van der Waals surface area contributed by atoms with Crippen molar-refractivity contribution in [3.8, 4) is 11.5 Å². The molecule has 20 heavy (non-hydrogen) atoms. The summed E-state index contributed by atoms with van der Waals surface area (Å²) < 4.78 is 23.9. The molecule has 0 bridgehead atoms. The Morgan fingerprint density at radius 1 is 1.15 bits per heavy atom. The lowest BCUT2D eigenvalue weighted by molar-refractivity contribution is 0.199. The smallest absolute Gasteiger partial charge is 0.165 e. The zero-order valence-electron chi connectivity index (χ0n) is 11.5. The molecule has 0 saturated heterocycles. The summed E-state index contributed by atoms with van der Waals surface area (Å²) in [5, 5.41) is 9.41. The predicted molar refractivity (Wildman–Crippen MR) is 74.4 cm³/mol. The van der Waals surface area contributed by atoms with Gasteiger partial charge in [0.1, 0.15) is 12.4 Å². The van der Waals surface area contributed by atoms with Crippen molar-refractivity contribution in [1.29, 1.82) is 0 Å². The zero-order chi connectivity index (χ0) is 14.5. The molecular weight excluding hydrogens is 259 g/mol. The van der Waals surface area contributed by atoms with E-state index in [4.69, 9.17) is 9.47 Å². The molecule has 0 fully saturated rings. The lowest BCUT2D eigenvalue weighted by Gasteiger charge is -2.09. The predicted octanol–water partition coefficient (Wildman–Crippen LogP) is 3.47. The lowest BCUT2D eigenvalue weighted by atomic mass is 10.1. The van der Waals surface area contributed by atoms with Crippen molar-refractivity contribution in [3.63, 3.8) is 0 Å². The molecule has 0 unspecified atom stereocenters. The number of rotatable bonds is 5. The highest BCUT2D eigenvalue weighted by Crippen LogP contribution is 2.21. The van der Waals surface area contributed by atoms with Crippen molar-refractivity contribution in [3.05, 3.63) is 59.4 Å². The molecule has 0 aliphatic carbocycles. The van der Waals surface area contributed by atoms with Crippen molar-refractivity contribution in [2.45, 2.75) is 19.6 Å². The molecule has 0 aliphatic rings. The minimum absolute atomic E-state index is 0.218. The van der Waals surface area contributed by atoms with Crippen molar-refractivity contribution in [2.24, 2.45) is 0 Å². The summed E-state index contributed by atoms with van der Waals surface area (Å²) in [6.45, 7) is 1.98. The van der Waals surface area contributed by atoms with Crippen LogP contribution >= 0.6 is 0 Å².